The molecule has 7 heteroatoms. The average molecular weight is 334 g/mol. The van der Waals surface area contributed by atoms with Crippen molar-refractivity contribution in [2.75, 3.05) is 5.32 Å². The van der Waals surface area contributed by atoms with Crippen LogP contribution >= 0.6 is 11.8 Å². The first-order valence-corrected chi connectivity index (χ1v) is 8.47. The van der Waals surface area contributed by atoms with Crippen LogP contribution in [0, 0.1) is 0 Å². The summed E-state index contributed by atoms with van der Waals surface area (Å²) < 4.78 is 5.14. The summed E-state index contributed by atoms with van der Waals surface area (Å²) in [6.45, 7) is 1.54. The Hall–Kier alpha value is -2.02. The summed E-state index contributed by atoms with van der Waals surface area (Å²) in [5.74, 6) is -1.05. The van der Waals surface area contributed by atoms with Crippen LogP contribution in [0.4, 0.5) is 5.69 Å². The van der Waals surface area contributed by atoms with E-state index in [0.717, 1.165) is 23.4 Å². The number of anilines is 1. The fourth-order valence-corrected chi connectivity index (χ4v) is 3.32. The van der Waals surface area contributed by atoms with Crippen LogP contribution in [-0.2, 0) is 19.1 Å². The number of ether oxygens (including phenoxy) is 1. The molecule has 3 rings (SSSR count). The summed E-state index contributed by atoms with van der Waals surface area (Å²) in [5.41, 5.74) is 0.754. The number of hydrogen-bond acceptors (Lipinski definition) is 5. The molecule has 1 fully saturated rings. The molecule has 2 N–H and O–H groups in total. The summed E-state index contributed by atoms with van der Waals surface area (Å²) in [7, 11) is 0. The highest BCUT2D eigenvalue weighted by Crippen LogP contribution is 2.36. The van der Waals surface area contributed by atoms with E-state index in [0.29, 0.717) is 0 Å². The standard InChI is InChI=1S/C16H18N2O4S/c1-9(15(20)17-10-6-7-10)22-14(19)8-13-16(21)18-11-4-2-3-5-12(11)23-13/h2-5,9-10,13H,6-8H2,1H3,(H,17,20)(H,18,21). The highest BCUT2D eigenvalue weighted by atomic mass is 32.2. The maximum Gasteiger partial charge on any atom is 0.308 e. The minimum absolute atomic E-state index is 0.0636. The van der Waals surface area contributed by atoms with Crippen molar-refractivity contribution in [2.45, 2.75) is 48.5 Å². The van der Waals surface area contributed by atoms with Crippen molar-refractivity contribution in [1.82, 2.24) is 5.32 Å². The molecule has 1 aromatic carbocycles. The molecule has 0 spiro atoms. The number of fused-ring (bicyclic) bond motifs is 1. The molecule has 0 radical (unpaired) electrons. The Labute approximate surface area is 138 Å². The summed E-state index contributed by atoms with van der Waals surface area (Å²) in [6.07, 6.45) is 1.05. The van der Waals surface area contributed by atoms with Crippen LogP contribution in [0.25, 0.3) is 0 Å². The third-order valence-electron chi connectivity index (χ3n) is 3.66. The van der Waals surface area contributed by atoms with E-state index in [1.54, 1.807) is 6.92 Å². The van der Waals surface area contributed by atoms with Gasteiger partial charge >= 0.3 is 5.97 Å². The van der Waals surface area contributed by atoms with Gasteiger partial charge in [-0.15, -0.1) is 11.8 Å². The lowest BCUT2D eigenvalue weighted by Gasteiger charge is -2.23. The van der Waals surface area contributed by atoms with Gasteiger partial charge in [-0.25, -0.2) is 0 Å². The smallest absolute Gasteiger partial charge is 0.308 e. The first-order valence-electron chi connectivity index (χ1n) is 7.59. The van der Waals surface area contributed by atoms with Crippen LogP contribution in [0.5, 0.6) is 0 Å². The number of rotatable bonds is 5. The molecule has 1 heterocycles. The van der Waals surface area contributed by atoms with Gasteiger partial charge in [0.2, 0.25) is 5.91 Å². The molecule has 1 saturated carbocycles. The van der Waals surface area contributed by atoms with Crippen molar-refractivity contribution in [3.05, 3.63) is 24.3 Å². The molecule has 23 heavy (non-hydrogen) atoms. The second-order valence-electron chi connectivity index (χ2n) is 5.71. The summed E-state index contributed by atoms with van der Waals surface area (Å²) >= 11 is 1.34. The lowest BCUT2D eigenvalue weighted by atomic mass is 10.2. The van der Waals surface area contributed by atoms with Crippen molar-refractivity contribution in [2.24, 2.45) is 0 Å². The lowest BCUT2D eigenvalue weighted by Crippen LogP contribution is -2.38. The summed E-state index contributed by atoms with van der Waals surface area (Å²) in [6, 6.07) is 7.65. The van der Waals surface area contributed by atoms with Gasteiger partial charge in [-0.1, -0.05) is 12.1 Å². The van der Waals surface area contributed by atoms with Gasteiger partial charge in [-0.3, -0.25) is 14.4 Å². The Morgan fingerprint density at radius 3 is 2.87 bits per heavy atom. The van der Waals surface area contributed by atoms with Crippen molar-refractivity contribution in [1.29, 1.82) is 0 Å². The second-order valence-corrected chi connectivity index (χ2v) is 6.96. The first kappa shape index (κ1) is 15.9. The molecule has 0 bridgehead atoms. The molecule has 0 saturated heterocycles. The number of benzene rings is 1. The second kappa shape index (κ2) is 6.62. The molecule has 122 valence electrons. The molecule has 2 aliphatic rings. The first-order chi connectivity index (χ1) is 11.0. The average Bonchev–Trinajstić information content (AvgIpc) is 3.31. The summed E-state index contributed by atoms with van der Waals surface area (Å²) in [4.78, 5) is 36.7. The van der Waals surface area contributed by atoms with E-state index >= 15 is 0 Å². The van der Waals surface area contributed by atoms with E-state index in [-0.39, 0.29) is 24.3 Å². The number of esters is 1. The Bertz CT molecular complexity index is 645. The molecule has 2 atom stereocenters. The van der Waals surface area contributed by atoms with Crippen LogP contribution in [0.2, 0.25) is 0 Å². The van der Waals surface area contributed by atoms with Gasteiger partial charge in [0.15, 0.2) is 6.10 Å². The monoisotopic (exact) mass is 334 g/mol. The van der Waals surface area contributed by atoms with E-state index in [4.69, 9.17) is 4.74 Å². The van der Waals surface area contributed by atoms with E-state index in [1.807, 2.05) is 24.3 Å². The van der Waals surface area contributed by atoms with Crippen molar-refractivity contribution in [3.8, 4) is 0 Å². The van der Waals surface area contributed by atoms with Gasteiger partial charge in [0.25, 0.3) is 5.91 Å². The topological polar surface area (TPSA) is 84.5 Å². The minimum Gasteiger partial charge on any atom is -0.453 e. The fourth-order valence-electron chi connectivity index (χ4n) is 2.22. The van der Waals surface area contributed by atoms with Gasteiger partial charge in [-0.2, -0.15) is 0 Å². The molecule has 1 aromatic rings. The van der Waals surface area contributed by atoms with Crippen LogP contribution in [0.3, 0.4) is 0 Å². The summed E-state index contributed by atoms with van der Waals surface area (Å²) in [5, 5.41) is 5.02. The third-order valence-corrected chi connectivity index (χ3v) is 4.94. The largest absolute Gasteiger partial charge is 0.453 e. The van der Waals surface area contributed by atoms with Gasteiger partial charge in [-0.05, 0) is 31.9 Å². The van der Waals surface area contributed by atoms with Gasteiger partial charge in [0.1, 0.15) is 0 Å². The van der Waals surface area contributed by atoms with Crippen LogP contribution in [0.1, 0.15) is 26.2 Å². The fraction of sp³-hybridized carbons (Fsp3) is 0.438. The number of carbonyl (C=O) groups excluding carboxylic acids is 3. The van der Waals surface area contributed by atoms with E-state index < -0.39 is 17.3 Å². The Balaban J connectivity index is 1.53. The molecule has 0 aromatic heterocycles. The normalized spacial score (nSPS) is 20.9. The number of para-hydroxylation sites is 1. The Morgan fingerprint density at radius 1 is 1.39 bits per heavy atom. The Morgan fingerprint density at radius 2 is 2.13 bits per heavy atom. The SMILES string of the molecule is CC(OC(=O)CC1Sc2ccccc2NC1=O)C(=O)NC1CC1. The molecular formula is C16H18N2O4S. The maximum atomic E-state index is 12.0. The predicted molar refractivity (Wildman–Crippen MR) is 86.1 cm³/mol. The van der Waals surface area contributed by atoms with Crippen LogP contribution < -0.4 is 10.6 Å². The number of amides is 2. The third kappa shape index (κ3) is 4.04. The highest BCUT2D eigenvalue weighted by molar-refractivity contribution is 8.01. The molecule has 2 unspecified atom stereocenters. The minimum atomic E-state index is -0.841. The predicted octanol–water partition coefficient (Wildman–Crippen LogP) is 1.70. The lowest BCUT2D eigenvalue weighted by molar-refractivity contribution is -0.155. The van der Waals surface area contributed by atoms with Crippen LogP contribution in [-0.4, -0.2) is 35.2 Å². The molecule has 6 nitrogen and oxygen atoms in total. The zero-order valence-electron chi connectivity index (χ0n) is 12.7. The molecule has 1 aliphatic carbocycles. The van der Waals surface area contributed by atoms with Crippen molar-refractivity contribution < 1.29 is 19.1 Å². The molecular weight excluding hydrogens is 316 g/mol. The van der Waals surface area contributed by atoms with Crippen LogP contribution in [0.15, 0.2) is 29.2 Å². The van der Waals surface area contributed by atoms with Gasteiger partial charge in [0, 0.05) is 10.9 Å². The van der Waals surface area contributed by atoms with E-state index in [1.165, 1.54) is 11.8 Å². The maximum absolute atomic E-state index is 12.0. The Kier molecular flexibility index (Phi) is 4.56. The van der Waals surface area contributed by atoms with E-state index in [2.05, 4.69) is 10.6 Å². The molecule has 2 amide bonds. The van der Waals surface area contributed by atoms with Crippen molar-refractivity contribution >= 4 is 35.2 Å². The highest BCUT2D eigenvalue weighted by Gasteiger charge is 2.31. The van der Waals surface area contributed by atoms with Crippen molar-refractivity contribution in [3.63, 3.8) is 0 Å². The van der Waals surface area contributed by atoms with E-state index in [9.17, 15) is 14.4 Å². The number of thioether (sulfide) groups is 1. The molecule has 1 aliphatic heterocycles. The zero-order chi connectivity index (χ0) is 16.4. The zero-order valence-corrected chi connectivity index (χ0v) is 13.5. The van der Waals surface area contributed by atoms with Gasteiger partial charge in [0.05, 0.1) is 17.4 Å². The number of carbonyl (C=O) groups is 3. The van der Waals surface area contributed by atoms with Gasteiger partial charge < -0.3 is 15.4 Å². The quantitative estimate of drug-likeness (QED) is 0.801. The number of nitrogens with one attached hydrogen (secondary N) is 2. The number of hydrogen-bond donors (Lipinski definition) is 2.